The van der Waals surface area contributed by atoms with Crippen molar-refractivity contribution in [3.63, 3.8) is 0 Å². The molecule has 8 heteroatoms. The number of hydrogen-bond acceptors (Lipinski definition) is 6. The Morgan fingerprint density at radius 1 is 1.06 bits per heavy atom. The van der Waals surface area contributed by atoms with Crippen LogP contribution in [-0.2, 0) is 14.6 Å². The van der Waals surface area contributed by atoms with Crippen molar-refractivity contribution >= 4 is 15.7 Å². The minimum Gasteiger partial charge on any atom is -0.456 e. The van der Waals surface area contributed by atoms with Gasteiger partial charge in [-0.15, -0.1) is 0 Å². The average Bonchev–Trinajstić information content (AvgIpc) is 2.81. The largest absolute Gasteiger partial charge is 0.456 e. The summed E-state index contributed by atoms with van der Waals surface area (Å²) >= 11 is 0. The number of amides is 1. The number of nitrogens with one attached hydrogen (secondary N) is 2. The summed E-state index contributed by atoms with van der Waals surface area (Å²) in [5.74, 6) is 0.862. The number of carbonyl (C=O) groups is 1. The van der Waals surface area contributed by atoms with E-state index in [2.05, 4.69) is 15.6 Å². The monoisotopic (exact) mass is 443 g/mol. The number of pyridine rings is 1. The first-order chi connectivity index (χ1) is 15.0. The van der Waals surface area contributed by atoms with E-state index in [0.29, 0.717) is 24.3 Å². The minimum absolute atomic E-state index is 0.0991. The molecule has 1 saturated heterocycles. The van der Waals surface area contributed by atoms with Gasteiger partial charge in [-0.3, -0.25) is 9.78 Å². The highest BCUT2D eigenvalue weighted by Gasteiger charge is 2.47. The Morgan fingerprint density at radius 2 is 1.84 bits per heavy atom. The van der Waals surface area contributed by atoms with E-state index < -0.39 is 14.7 Å². The maximum absolute atomic E-state index is 13.7. The molecule has 1 aliphatic carbocycles. The third kappa shape index (κ3) is 4.75. The van der Waals surface area contributed by atoms with Gasteiger partial charge in [0.05, 0.1) is 11.1 Å². The van der Waals surface area contributed by atoms with Crippen molar-refractivity contribution in [3.05, 3.63) is 48.8 Å². The average molecular weight is 444 g/mol. The maximum atomic E-state index is 13.7. The summed E-state index contributed by atoms with van der Waals surface area (Å²) in [4.78, 5) is 15.8. The number of aromatic nitrogens is 1. The van der Waals surface area contributed by atoms with Crippen molar-refractivity contribution < 1.29 is 17.9 Å². The number of piperidine rings is 1. The molecule has 2 heterocycles. The molecule has 1 amide bonds. The Hall–Kier alpha value is -2.45. The standard InChI is InChI=1S/C23H29N3O4S/c27-22(18-6-2-1-3-7-18)26-23(13-5-15-25-17-23)31(28,29)21-11-9-19(10-12-21)30-20-8-4-14-24-16-20/h4,8-12,14,16,18,25H,1-3,5-7,13,15,17H2,(H,26,27)/t23-/m0/s1. The van der Waals surface area contributed by atoms with Crippen molar-refractivity contribution in [2.24, 2.45) is 5.92 Å². The molecular formula is C23H29N3O4S. The van der Waals surface area contributed by atoms with Gasteiger partial charge in [0, 0.05) is 18.7 Å². The van der Waals surface area contributed by atoms with Crippen LogP contribution in [0.5, 0.6) is 11.5 Å². The summed E-state index contributed by atoms with van der Waals surface area (Å²) in [5.41, 5.74) is 0. The summed E-state index contributed by atoms with van der Waals surface area (Å²) in [6.07, 6.45) is 9.17. The molecule has 1 aliphatic heterocycles. The van der Waals surface area contributed by atoms with E-state index in [4.69, 9.17) is 4.74 Å². The van der Waals surface area contributed by atoms with Crippen LogP contribution in [0.2, 0.25) is 0 Å². The zero-order valence-electron chi connectivity index (χ0n) is 17.5. The highest BCUT2D eigenvalue weighted by Crippen LogP contribution is 2.33. The fraction of sp³-hybridized carbons (Fsp3) is 0.478. The third-order valence-electron chi connectivity index (χ3n) is 6.19. The third-order valence-corrected chi connectivity index (χ3v) is 8.56. The van der Waals surface area contributed by atoms with E-state index in [1.54, 1.807) is 48.8 Å². The molecule has 1 aromatic heterocycles. The Morgan fingerprint density at radius 3 is 2.48 bits per heavy atom. The molecule has 2 aromatic rings. The first-order valence-electron chi connectivity index (χ1n) is 11.0. The van der Waals surface area contributed by atoms with Gasteiger partial charge in [-0.05, 0) is 68.6 Å². The van der Waals surface area contributed by atoms with Crippen LogP contribution in [0, 0.1) is 5.92 Å². The van der Waals surface area contributed by atoms with E-state index >= 15 is 0 Å². The second-order valence-corrected chi connectivity index (χ2v) is 10.6. The SMILES string of the molecule is O=C(N[C@]1(S(=O)(=O)c2ccc(Oc3cccnc3)cc2)CCCNC1)C1CCCCC1. The van der Waals surface area contributed by atoms with Gasteiger partial charge in [-0.2, -0.15) is 0 Å². The van der Waals surface area contributed by atoms with Crippen LogP contribution < -0.4 is 15.4 Å². The number of carbonyl (C=O) groups excluding carboxylic acids is 1. The number of nitrogens with zero attached hydrogens (tertiary/aromatic N) is 1. The molecule has 7 nitrogen and oxygen atoms in total. The maximum Gasteiger partial charge on any atom is 0.224 e. The molecule has 0 radical (unpaired) electrons. The zero-order chi connectivity index (χ0) is 21.7. The normalized spacial score (nSPS) is 22.6. The lowest BCUT2D eigenvalue weighted by Gasteiger charge is -2.39. The van der Waals surface area contributed by atoms with Gasteiger partial charge < -0.3 is 15.4 Å². The van der Waals surface area contributed by atoms with Gasteiger partial charge in [-0.1, -0.05) is 19.3 Å². The van der Waals surface area contributed by atoms with Gasteiger partial charge in [0.2, 0.25) is 15.7 Å². The fourth-order valence-corrected chi connectivity index (χ4v) is 6.31. The Balaban J connectivity index is 1.56. The first-order valence-corrected chi connectivity index (χ1v) is 12.4. The summed E-state index contributed by atoms with van der Waals surface area (Å²) in [6, 6.07) is 9.90. The molecule has 4 rings (SSSR count). The Labute approximate surface area is 183 Å². The summed E-state index contributed by atoms with van der Waals surface area (Å²) < 4.78 is 33.1. The molecule has 2 N–H and O–H groups in total. The van der Waals surface area contributed by atoms with Crippen molar-refractivity contribution in [2.45, 2.75) is 54.7 Å². The van der Waals surface area contributed by atoms with Crippen molar-refractivity contribution in [2.75, 3.05) is 13.1 Å². The van der Waals surface area contributed by atoms with Crippen LogP contribution >= 0.6 is 0 Å². The molecule has 0 bridgehead atoms. The van der Waals surface area contributed by atoms with E-state index in [1.807, 2.05) is 0 Å². The molecule has 31 heavy (non-hydrogen) atoms. The van der Waals surface area contributed by atoms with Crippen LogP contribution in [0.15, 0.2) is 53.7 Å². The zero-order valence-corrected chi connectivity index (χ0v) is 18.4. The van der Waals surface area contributed by atoms with Crippen LogP contribution in [0.3, 0.4) is 0 Å². The van der Waals surface area contributed by atoms with E-state index in [9.17, 15) is 13.2 Å². The molecule has 166 valence electrons. The van der Waals surface area contributed by atoms with Crippen LogP contribution in [-0.4, -0.2) is 37.3 Å². The lowest BCUT2D eigenvalue weighted by Crippen LogP contribution is -2.63. The van der Waals surface area contributed by atoms with Crippen molar-refractivity contribution in [3.8, 4) is 11.5 Å². The first kappa shape index (κ1) is 21.8. The van der Waals surface area contributed by atoms with E-state index in [1.165, 1.54) is 0 Å². The van der Waals surface area contributed by atoms with E-state index in [-0.39, 0.29) is 23.3 Å². The Bertz CT molecular complexity index is 981. The molecule has 0 spiro atoms. The quantitative estimate of drug-likeness (QED) is 0.710. The van der Waals surface area contributed by atoms with E-state index in [0.717, 1.165) is 38.6 Å². The molecule has 1 atom stereocenters. The summed E-state index contributed by atoms with van der Waals surface area (Å²) in [7, 11) is -3.81. The molecule has 1 aromatic carbocycles. The predicted octanol–water partition coefficient (Wildman–Crippen LogP) is 3.42. The van der Waals surface area contributed by atoms with Gasteiger partial charge in [0.1, 0.15) is 11.5 Å². The predicted molar refractivity (Wildman–Crippen MR) is 117 cm³/mol. The minimum atomic E-state index is -3.81. The lowest BCUT2D eigenvalue weighted by atomic mass is 9.88. The van der Waals surface area contributed by atoms with Crippen LogP contribution in [0.25, 0.3) is 0 Å². The number of hydrogen-bond donors (Lipinski definition) is 2. The van der Waals surface area contributed by atoms with Crippen molar-refractivity contribution in [1.82, 2.24) is 15.6 Å². The lowest BCUT2D eigenvalue weighted by molar-refractivity contribution is -0.127. The smallest absolute Gasteiger partial charge is 0.224 e. The molecular weight excluding hydrogens is 414 g/mol. The highest BCUT2D eigenvalue weighted by molar-refractivity contribution is 7.92. The Kier molecular flexibility index (Phi) is 6.57. The highest BCUT2D eigenvalue weighted by atomic mass is 32.2. The number of rotatable bonds is 6. The van der Waals surface area contributed by atoms with Gasteiger partial charge >= 0.3 is 0 Å². The fourth-order valence-electron chi connectivity index (χ4n) is 4.43. The molecule has 2 fully saturated rings. The second kappa shape index (κ2) is 9.36. The number of benzene rings is 1. The molecule has 0 unspecified atom stereocenters. The molecule has 2 aliphatic rings. The summed E-state index contributed by atoms with van der Waals surface area (Å²) in [6.45, 7) is 0.955. The summed E-state index contributed by atoms with van der Waals surface area (Å²) in [5, 5.41) is 6.14. The van der Waals surface area contributed by atoms with Crippen molar-refractivity contribution in [1.29, 1.82) is 0 Å². The number of sulfone groups is 1. The topological polar surface area (TPSA) is 97.4 Å². The van der Waals surface area contributed by atoms with Gasteiger partial charge in [0.15, 0.2) is 4.87 Å². The van der Waals surface area contributed by atoms with Crippen LogP contribution in [0.1, 0.15) is 44.9 Å². The van der Waals surface area contributed by atoms with Crippen LogP contribution in [0.4, 0.5) is 0 Å². The second-order valence-electron chi connectivity index (χ2n) is 8.36. The van der Waals surface area contributed by atoms with Gasteiger partial charge in [-0.25, -0.2) is 8.42 Å². The number of ether oxygens (including phenoxy) is 1. The molecule has 1 saturated carbocycles. The van der Waals surface area contributed by atoms with Gasteiger partial charge in [0.25, 0.3) is 0 Å².